The minimum atomic E-state index is -0.206. The van der Waals surface area contributed by atoms with Crippen molar-refractivity contribution in [3.05, 3.63) is 0 Å². The van der Waals surface area contributed by atoms with Crippen molar-refractivity contribution in [3.63, 3.8) is 0 Å². The van der Waals surface area contributed by atoms with Gasteiger partial charge in [-0.15, -0.1) is 5.10 Å². The molecule has 2 heterocycles. The number of nitrogens with zero attached hydrogens (tertiary/aromatic N) is 5. The van der Waals surface area contributed by atoms with Crippen molar-refractivity contribution in [2.75, 3.05) is 13.1 Å². The zero-order chi connectivity index (χ0) is 14.0. The number of carbonyl (C=O) groups excluding carboxylic acids is 1. The van der Waals surface area contributed by atoms with Crippen molar-refractivity contribution in [2.45, 2.75) is 43.4 Å². The molecule has 2 rings (SSSR count). The molecule has 0 unspecified atom stereocenters. The number of hydrogen-bond donors (Lipinski definition) is 0. The lowest BCUT2D eigenvalue weighted by atomic mass is 10.2. The summed E-state index contributed by atoms with van der Waals surface area (Å²) in [6.45, 7) is 7.14. The maximum atomic E-state index is 12.4. The fourth-order valence-electron chi connectivity index (χ4n) is 2.14. The van der Waals surface area contributed by atoms with Crippen LogP contribution in [0.25, 0.3) is 0 Å². The second kappa shape index (κ2) is 5.87. The first-order valence-corrected chi connectivity index (χ1v) is 7.18. The number of carbonyl (C=O) groups is 1. The van der Waals surface area contributed by atoms with Crippen LogP contribution in [0.15, 0.2) is 5.16 Å². The molecule has 1 aromatic heterocycles. The van der Waals surface area contributed by atoms with Gasteiger partial charge in [0.15, 0.2) is 0 Å². The minimum absolute atomic E-state index is 0.0846. The molecule has 8 heteroatoms. The van der Waals surface area contributed by atoms with Gasteiger partial charge in [0.25, 0.3) is 0 Å². The third-order valence-electron chi connectivity index (χ3n) is 2.94. The average molecular weight is 285 g/mol. The van der Waals surface area contributed by atoms with E-state index in [1.54, 1.807) is 11.7 Å². The fourth-order valence-corrected chi connectivity index (χ4v) is 2.98. The summed E-state index contributed by atoms with van der Waals surface area (Å²) in [6, 6.07) is 0. The predicted octanol–water partition coefficient (Wildman–Crippen LogP) is 0.326. The maximum Gasteiger partial charge on any atom is 0.236 e. The molecule has 1 amide bonds. The van der Waals surface area contributed by atoms with Crippen molar-refractivity contribution in [1.82, 2.24) is 25.1 Å². The van der Waals surface area contributed by atoms with Gasteiger partial charge in [-0.25, -0.2) is 4.68 Å². The summed E-state index contributed by atoms with van der Waals surface area (Å²) in [5, 5.41) is 11.6. The Morgan fingerprint density at radius 3 is 2.58 bits per heavy atom. The molecule has 7 nitrogen and oxygen atoms in total. The van der Waals surface area contributed by atoms with Crippen LogP contribution in [0.1, 0.15) is 20.8 Å². The lowest BCUT2D eigenvalue weighted by molar-refractivity contribution is -0.142. The van der Waals surface area contributed by atoms with E-state index in [2.05, 4.69) is 15.5 Å². The van der Waals surface area contributed by atoms with Crippen molar-refractivity contribution in [3.8, 4) is 0 Å². The van der Waals surface area contributed by atoms with Crippen LogP contribution in [-0.2, 0) is 16.6 Å². The third kappa shape index (κ3) is 3.44. The number of morpholine rings is 1. The van der Waals surface area contributed by atoms with Crippen LogP contribution >= 0.6 is 11.8 Å². The summed E-state index contributed by atoms with van der Waals surface area (Å²) in [6.07, 6.45) is 0.169. The molecule has 1 saturated heterocycles. The second-order valence-electron chi connectivity index (χ2n) is 4.85. The van der Waals surface area contributed by atoms with E-state index in [1.807, 2.05) is 25.7 Å². The summed E-state index contributed by atoms with van der Waals surface area (Å²) < 4.78 is 7.20. The van der Waals surface area contributed by atoms with Crippen LogP contribution < -0.4 is 0 Å². The molecule has 1 aliphatic heterocycles. The van der Waals surface area contributed by atoms with Gasteiger partial charge in [-0.3, -0.25) is 4.79 Å². The van der Waals surface area contributed by atoms with Gasteiger partial charge in [-0.1, -0.05) is 11.8 Å². The zero-order valence-electron chi connectivity index (χ0n) is 11.6. The lowest BCUT2D eigenvalue weighted by Crippen LogP contribution is -2.50. The molecule has 1 aliphatic rings. The van der Waals surface area contributed by atoms with Gasteiger partial charge in [0, 0.05) is 20.1 Å². The summed E-state index contributed by atoms with van der Waals surface area (Å²) in [5.74, 6) is 0.106. The highest BCUT2D eigenvalue weighted by molar-refractivity contribution is 8.00. The van der Waals surface area contributed by atoms with Crippen molar-refractivity contribution in [2.24, 2.45) is 7.05 Å². The van der Waals surface area contributed by atoms with Gasteiger partial charge < -0.3 is 9.64 Å². The van der Waals surface area contributed by atoms with Crippen LogP contribution in [0.2, 0.25) is 0 Å². The Morgan fingerprint density at radius 1 is 1.42 bits per heavy atom. The summed E-state index contributed by atoms with van der Waals surface area (Å²) in [7, 11) is 1.76. The first kappa shape index (κ1) is 14.3. The molecule has 0 aromatic carbocycles. The van der Waals surface area contributed by atoms with Gasteiger partial charge in [0.2, 0.25) is 11.1 Å². The Kier molecular flexibility index (Phi) is 4.41. The molecule has 0 aliphatic carbocycles. The predicted molar refractivity (Wildman–Crippen MR) is 70.7 cm³/mol. The number of ether oxygens (including phenoxy) is 1. The van der Waals surface area contributed by atoms with Crippen LogP contribution in [-0.4, -0.2) is 61.6 Å². The topological polar surface area (TPSA) is 73.1 Å². The van der Waals surface area contributed by atoms with E-state index in [4.69, 9.17) is 4.74 Å². The highest BCUT2D eigenvalue weighted by Crippen LogP contribution is 2.22. The molecule has 19 heavy (non-hydrogen) atoms. The van der Waals surface area contributed by atoms with Gasteiger partial charge in [-0.05, 0) is 31.2 Å². The van der Waals surface area contributed by atoms with E-state index >= 15 is 0 Å². The van der Waals surface area contributed by atoms with Crippen LogP contribution in [0.3, 0.4) is 0 Å². The standard InChI is InChI=1S/C11H19N5O2S/c1-7-5-16(6-8(2)18-7)10(17)9(3)19-11-12-13-14-15(11)4/h7-9H,5-6H2,1-4H3/t7-,8-,9-/m1/s1. The number of tetrazole rings is 1. The van der Waals surface area contributed by atoms with Crippen molar-refractivity contribution in [1.29, 1.82) is 0 Å². The normalized spacial score (nSPS) is 25.4. The summed E-state index contributed by atoms with van der Waals surface area (Å²) in [4.78, 5) is 14.3. The summed E-state index contributed by atoms with van der Waals surface area (Å²) >= 11 is 1.38. The van der Waals surface area contributed by atoms with Crippen LogP contribution in [0.5, 0.6) is 0 Å². The van der Waals surface area contributed by atoms with E-state index in [1.165, 1.54) is 11.8 Å². The molecule has 0 radical (unpaired) electrons. The Balaban J connectivity index is 1.97. The van der Waals surface area contributed by atoms with E-state index < -0.39 is 0 Å². The number of aromatic nitrogens is 4. The van der Waals surface area contributed by atoms with Gasteiger partial charge >= 0.3 is 0 Å². The molecular weight excluding hydrogens is 266 g/mol. The summed E-state index contributed by atoms with van der Waals surface area (Å²) in [5.41, 5.74) is 0. The highest BCUT2D eigenvalue weighted by atomic mass is 32.2. The van der Waals surface area contributed by atoms with E-state index in [0.29, 0.717) is 18.2 Å². The molecule has 106 valence electrons. The molecule has 0 N–H and O–H groups in total. The zero-order valence-corrected chi connectivity index (χ0v) is 12.4. The minimum Gasteiger partial charge on any atom is -0.372 e. The average Bonchev–Trinajstić information content (AvgIpc) is 2.72. The fraction of sp³-hybridized carbons (Fsp3) is 0.818. The molecule has 0 bridgehead atoms. The van der Waals surface area contributed by atoms with Gasteiger partial charge in [0.05, 0.1) is 17.5 Å². The maximum absolute atomic E-state index is 12.4. The number of thioether (sulfide) groups is 1. The molecule has 3 atom stereocenters. The van der Waals surface area contributed by atoms with E-state index in [-0.39, 0.29) is 23.4 Å². The Morgan fingerprint density at radius 2 is 2.05 bits per heavy atom. The monoisotopic (exact) mass is 285 g/mol. The van der Waals surface area contributed by atoms with E-state index in [9.17, 15) is 4.79 Å². The second-order valence-corrected chi connectivity index (χ2v) is 6.15. The molecular formula is C11H19N5O2S. The SMILES string of the molecule is C[C@@H]1CN(C(=O)[C@@H](C)Sc2nnnn2C)C[C@@H](C)O1. The van der Waals surface area contributed by atoms with E-state index in [0.717, 1.165) is 0 Å². The highest BCUT2D eigenvalue weighted by Gasteiger charge is 2.29. The number of hydrogen-bond acceptors (Lipinski definition) is 6. The number of rotatable bonds is 3. The Labute approximate surface area is 116 Å². The molecule has 1 fully saturated rings. The van der Waals surface area contributed by atoms with Gasteiger partial charge in [0.1, 0.15) is 0 Å². The lowest BCUT2D eigenvalue weighted by Gasteiger charge is -2.36. The quantitative estimate of drug-likeness (QED) is 0.745. The molecule has 0 saturated carbocycles. The van der Waals surface area contributed by atoms with Crippen LogP contribution in [0.4, 0.5) is 0 Å². The van der Waals surface area contributed by atoms with Crippen molar-refractivity contribution < 1.29 is 9.53 Å². The number of aryl methyl sites for hydroxylation is 1. The largest absolute Gasteiger partial charge is 0.372 e. The molecule has 1 aromatic rings. The van der Waals surface area contributed by atoms with Gasteiger partial charge in [-0.2, -0.15) is 0 Å². The van der Waals surface area contributed by atoms with Crippen LogP contribution in [0, 0.1) is 0 Å². The Bertz CT molecular complexity index is 442. The Hall–Kier alpha value is -1.15. The first-order chi connectivity index (χ1) is 8.97. The van der Waals surface area contributed by atoms with Crippen molar-refractivity contribution >= 4 is 17.7 Å². The smallest absolute Gasteiger partial charge is 0.236 e. The molecule has 0 spiro atoms. The third-order valence-corrected chi connectivity index (χ3v) is 4.05. The number of amides is 1. The first-order valence-electron chi connectivity index (χ1n) is 6.30.